The topological polar surface area (TPSA) is 56.3 Å². The van der Waals surface area contributed by atoms with Gasteiger partial charge in [-0.05, 0) is 12.5 Å². The number of rotatable bonds is 8. The molecule has 0 amide bonds. The number of hydrogen-bond donors (Lipinski definition) is 1. The molecule has 0 atom stereocenters. The van der Waals surface area contributed by atoms with E-state index >= 15 is 0 Å². The SMILES string of the molecule is COCCOCCCNc1ccncn1. The molecular formula is C10H17N3O2. The van der Waals surface area contributed by atoms with E-state index in [1.165, 1.54) is 6.33 Å². The molecule has 0 fully saturated rings. The highest BCUT2D eigenvalue weighted by Crippen LogP contribution is 1.97. The van der Waals surface area contributed by atoms with Crippen molar-refractivity contribution >= 4 is 5.82 Å². The highest BCUT2D eigenvalue weighted by atomic mass is 16.5. The monoisotopic (exact) mass is 211 g/mol. The molecule has 5 nitrogen and oxygen atoms in total. The number of nitrogens with zero attached hydrogens (tertiary/aromatic N) is 2. The van der Waals surface area contributed by atoms with E-state index in [1.807, 2.05) is 6.07 Å². The first-order valence-corrected chi connectivity index (χ1v) is 5.00. The molecule has 0 bridgehead atoms. The summed E-state index contributed by atoms with van der Waals surface area (Å²) in [6, 6.07) is 1.84. The molecule has 5 heteroatoms. The molecule has 0 saturated heterocycles. The number of aromatic nitrogens is 2. The highest BCUT2D eigenvalue weighted by Gasteiger charge is 1.91. The van der Waals surface area contributed by atoms with Gasteiger partial charge < -0.3 is 14.8 Å². The summed E-state index contributed by atoms with van der Waals surface area (Å²) in [6.45, 7) is 2.90. The van der Waals surface area contributed by atoms with Crippen LogP contribution in [0.4, 0.5) is 5.82 Å². The number of nitrogens with one attached hydrogen (secondary N) is 1. The van der Waals surface area contributed by atoms with Crippen LogP contribution in [0.3, 0.4) is 0 Å². The predicted molar refractivity (Wildman–Crippen MR) is 57.8 cm³/mol. The van der Waals surface area contributed by atoms with Crippen molar-refractivity contribution in [2.75, 3.05) is 38.8 Å². The largest absolute Gasteiger partial charge is 0.382 e. The Hall–Kier alpha value is -1.20. The van der Waals surface area contributed by atoms with E-state index in [9.17, 15) is 0 Å². The van der Waals surface area contributed by atoms with Crippen LogP contribution in [-0.2, 0) is 9.47 Å². The minimum absolute atomic E-state index is 0.652. The van der Waals surface area contributed by atoms with Gasteiger partial charge in [-0.3, -0.25) is 0 Å². The number of methoxy groups -OCH3 is 1. The number of ether oxygens (including phenoxy) is 2. The summed E-state index contributed by atoms with van der Waals surface area (Å²) in [7, 11) is 1.67. The van der Waals surface area contributed by atoms with E-state index in [4.69, 9.17) is 9.47 Å². The molecule has 84 valence electrons. The van der Waals surface area contributed by atoms with Crippen molar-refractivity contribution in [3.05, 3.63) is 18.6 Å². The lowest BCUT2D eigenvalue weighted by Crippen LogP contribution is -2.09. The minimum atomic E-state index is 0.652. The van der Waals surface area contributed by atoms with E-state index in [-0.39, 0.29) is 0 Å². The van der Waals surface area contributed by atoms with Gasteiger partial charge in [0.25, 0.3) is 0 Å². The molecular weight excluding hydrogens is 194 g/mol. The maximum Gasteiger partial charge on any atom is 0.129 e. The molecule has 1 heterocycles. The Morgan fingerprint density at radius 1 is 1.33 bits per heavy atom. The Morgan fingerprint density at radius 2 is 2.27 bits per heavy atom. The molecule has 0 radical (unpaired) electrons. The van der Waals surface area contributed by atoms with Crippen molar-refractivity contribution < 1.29 is 9.47 Å². The van der Waals surface area contributed by atoms with Gasteiger partial charge >= 0.3 is 0 Å². The summed E-state index contributed by atoms with van der Waals surface area (Å²) in [5.74, 6) is 0.849. The van der Waals surface area contributed by atoms with Crippen LogP contribution in [0.25, 0.3) is 0 Å². The van der Waals surface area contributed by atoms with Crippen LogP contribution in [0, 0.1) is 0 Å². The molecule has 0 aliphatic heterocycles. The molecule has 0 saturated carbocycles. The third-order valence-electron chi connectivity index (χ3n) is 1.79. The van der Waals surface area contributed by atoms with Gasteiger partial charge in [0.1, 0.15) is 12.1 Å². The van der Waals surface area contributed by atoms with E-state index < -0.39 is 0 Å². The van der Waals surface area contributed by atoms with Gasteiger partial charge in [-0.25, -0.2) is 9.97 Å². The third-order valence-corrected chi connectivity index (χ3v) is 1.79. The van der Waals surface area contributed by atoms with E-state index in [0.29, 0.717) is 13.2 Å². The second kappa shape index (κ2) is 8.14. The van der Waals surface area contributed by atoms with Crippen molar-refractivity contribution in [1.82, 2.24) is 9.97 Å². The number of anilines is 1. The average molecular weight is 211 g/mol. The van der Waals surface area contributed by atoms with Gasteiger partial charge in [0.05, 0.1) is 13.2 Å². The van der Waals surface area contributed by atoms with Crippen molar-refractivity contribution in [2.24, 2.45) is 0 Å². The summed E-state index contributed by atoms with van der Waals surface area (Å²) in [5, 5.41) is 3.17. The van der Waals surface area contributed by atoms with Gasteiger partial charge in [0.15, 0.2) is 0 Å². The Bertz CT molecular complexity index is 244. The van der Waals surface area contributed by atoms with Crippen LogP contribution in [0.15, 0.2) is 18.6 Å². The summed E-state index contributed by atoms with van der Waals surface area (Å²) in [6.07, 6.45) is 4.19. The molecule has 0 spiro atoms. The van der Waals surface area contributed by atoms with E-state index in [1.54, 1.807) is 13.3 Å². The van der Waals surface area contributed by atoms with E-state index in [0.717, 1.165) is 25.4 Å². The molecule has 1 aromatic heterocycles. The van der Waals surface area contributed by atoms with Crippen LogP contribution >= 0.6 is 0 Å². The van der Waals surface area contributed by atoms with Gasteiger partial charge in [0.2, 0.25) is 0 Å². The van der Waals surface area contributed by atoms with Gasteiger partial charge in [-0.2, -0.15) is 0 Å². The first kappa shape index (κ1) is 11.9. The molecule has 0 unspecified atom stereocenters. The van der Waals surface area contributed by atoms with Crippen LogP contribution in [0.5, 0.6) is 0 Å². The van der Waals surface area contributed by atoms with Crippen molar-refractivity contribution in [3.8, 4) is 0 Å². The smallest absolute Gasteiger partial charge is 0.129 e. The summed E-state index contributed by atoms with van der Waals surface area (Å²) < 4.78 is 10.2. The molecule has 1 N–H and O–H groups in total. The standard InChI is InChI=1S/C10H17N3O2/c1-14-7-8-15-6-2-4-12-10-3-5-11-9-13-10/h3,5,9H,2,4,6-8H2,1H3,(H,11,12,13). The third kappa shape index (κ3) is 5.98. The maximum atomic E-state index is 5.31. The quantitative estimate of drug-likeness (QED) is 0.648. The molecule has 15 heavy (non-hydrogen) atoms. The van der Waals surface area contributed by atoms with Crippen LogP contribution in [0.1, 0.15) is 6.42 Å². The molecule has 0 aliphatic carbocycles. The number of hydrogen-bond acceptors (Lipinski definition) is 5. The fourth-order valence-electron chi connectivity index (χ4n) is 1.03. The van der Waals surface area contributed by atoms with E-state index in [2.05, 4.69) is 15.3 Å². The summed E-state index contributed by atoms with van der Waals surface area (Å²) in [5.41, 5.74) is 0. The zero-order chi connectivity index (χ0) is 10.8. The Kier molecular flexibility index (Phi) is 6.44. The van der Waals surface area contributed by atoms with Crippen molar-refractivity contribution in [2.45, 2.75) is 6.42 Å². The first-order chi connectivity index (χ1) is 7.43. The Balaban J connectivity index is 1.93. The zero-order valence-electron chi connectivity index (χ0n) is 8.98. The fourth-order valence-corrected chi connectivity index (χ4v) is 1.03. The van der Waals surface area contributed by atoms with Crippen molar-refractivity contribution in [3.63, 3.8) is 0 Å². The highest BCUT2D eigenvalue weighted by molar-refractivity contribution is 5.30. The second-order valence-electron chi connectivity index (χ2n) is 2.98. The van der Waals surface area contributed by atoms with Gasteiger partial charge in [-0.15, -0.1) is 0 Å². The molecule has 1 aromatic rings. The lowest BCUT2D eigenvalue weighted by atomic mass is 10.4. The lowest BCUT2D eigenvalue weighted by Gasteiger charge is -2.05. The molecule has 0 aromatic carbocycles. The summed E-state index contributed by atoms with van der Waals surface area (Å²) in [4.78, 5) is 7.88. The van der Waals surface area contributed by atoms with Crippen molar-refractivity contribution in [1.29, 1.82) is 0 Å². The van der Waals surface area contributed by atoms with Crippen LogP contribution in [0.2, 0.25) is 0 Å². The molecule has 0 aliphatic rings. The predicted octanol–water partition coefficient (Wildman–Crippen LogP) is 0.942. The Morgan fingerprint density at radius 3 is 3.00 bits per heavy atom. The van der Waals surface area contributed by atoms with Gasteiger partial charge in [0, 0.05) is 26.5 Å². The Labute approximate surface area is 89.8 Å². The van der Waals surface area contributed by atoms with Crippen LogP contribution in [-0.4, -0.2) is 43.4 Å². The zero-order valence-corrected chi connectivity index (χ0v) is 8.98. The maximum absolute atomic E-state index is 5.31. The first-order valence-electron chi connectivity index (χ1n) is 5.00. The second-order valence-corrected chi connectivity index (χ2v) is 2.98. The lowest BCUT2D eigenvalue weighted by molar-refractivity contribution is 0.0705. The summed E-state index contributed by atoms with van der Waals surface area (Å²) >= 11 is 0. The fraction of sp³-hybridized carbons (Fsp3) is 0.600. The van der Waals surface area contributed by atoms with Crippen LogP contribution < -0.4 is 5.32 Å². The molecule has 1 rings (SSSR count). The average Bonchev–Trinajstić information content (AvgIpc) is 2.29. The normalized spacial score (nSPS) is 10.2. The minimum Gasteiger partial charge on any atom is -0.382 e. The van der Waals surface area contributed by atoms with Gasteiger partial charge in [-0.1, -0.05) is 0 Å².